The van der Waals surface area contributed by atoms with Gasteiger partial charge in [0.2, 0.25) is 0 Å². The lowest BCUT2D eigenvalue weighted by molar-refractivity contribution is -0.0218. The van der Waals surface area contributed by atoms with Crippen LogP contribution in [0.5, 0.6) is 0 Å². The third-order valence-electron chi connectivity index (χ3n) is 8.55. The summed E-state index contributed by atoms with van der Waals surface area (Å²) < 4.78 is 13.0. The first-order chi connectivity index (χ1) is 18.3. The summed E-state index contributed by atoms with van der Waals surface area (Å²) in [6.07, 6.45) is 2.67. The molecule has 4 nitrogen and oxygen atoms in total. The van der Waals surface area contributed by atoms with Crippen molar-refractivity contribution in [3.8, 4) is 0 Å². The van der Waals surface area contributed by atoms with Crippen molar-refractivity contribution in [3.05, 3.63) is 83.4 Å². The highest BCUT2D eigenvalue weighted by Gasteiger charge is 2.38. The van der Waals surface area contributed by atoms with Gasteiger partial charge in [-0.05, 0) is 84.6 Å². The summed E-state index contributed by atoms with van der Waals surface area (Å²) in [6, 6.07) is 23.7. The van der Waals surface area contributed by atoms with Gasteiger partial charge in [-0.2, -0.15) is 0 Å². The van der Waals surface area contributed by atoms with Crippen molar-refractivity contribution in [1.82, 2.24) is 5.32 Å². The minimum absolute atomic E-state index is 0.00414. The summed E-state index contributed by atoms with van der Waals surface area (Å²) >= 11 is 0. The number of rotatable bonds is 13. The lowest BCUT2D eigenvalue weighted by Gasteiger charge is -2.36. The van der Waals surface area contributed by atoms with Gasteiger partial charge in [-0.3, -0.25) is 0 Å². The largest absolute Gasteiger partial charge is 0.413 e. The zero-order chi connectivity index (χ0) is 28.3. The third-order valence-corrected chi connectivity index (χ3v) is 13.0. The number of aliphatic hydroxyl groups excluding tert-OH is 1. The zero-order valence-corrected chi connectivity index (χ0v) is 26.1. The smallest absolute Gasteiger partial charge is 0.192 e. The van der Waals surface area contributed by atoms with Crippen LogP contribution in [0.2, 0.25) is 18.1 Å². The van der Waals surface area contributed by atoms with E-state index < -0.39 is 14.4 Å². The van der Waals surface area contributed by atoms with Crippen molar-refractivity contribution in [3.63, 3.8) is 0 Å². The molecule has 212 valence electrons. The predicted molar refractivity (Wildman–Crippen MR) is 166 cm³/mol. The Balaban J connectivity index is 1.33. The maximum Gasteiger partial charge on any atom is 0.192 e. The van der Waals surface area contributed by atoms with Gasteiger partial charge in [-0.1, -0.05) is 87.5 Å². The highest BCUT2D eigenvalue weighted by molar-refractivity contribution is 6.74. The molecule has 0 spiro atoms. The molecule has 3 aromatic carbocycles. The molecule has 0 aromatic heterocycles. The standard InChI is InChI=1S/C34H49NO3Si/c1-33(2,3)39(6,7)38-23-29-14-10-11-15-31(29)32(27-18-19-27)37-24-30(36)22-35-34(4,5)21-25-16-17-26-12-8-9-13-28(26)20-25/h8-17,20,27,30,32,35-36H,18-19,21-24H2,1-7H3/t30-,32-/m1/s1. The first-order valence-corrected chi connectivity index (χ1v) is 17.5. The summed E-state index contributed by atoms with van der Waals surface area (Å²) in [5.41, 5.74) is 3.58. The van der Waals surface area contributed by atoms with E-state index in [0.29, 0.717) is 25.7 Å². The van der Waals surface area contributed by atoms with E-state index in [1.54, 1.807) is 0 Å². The van der Waals surface area contributed by atoms with Gasteiger partial charge >= 0.3 is 0 Å². The average Bonchev–Trinajstić information content (AvgIpc) is 3.71. The van der Waals surface area contributed by atoms with Crippen LogP contribution in [0.15, 0.2) is 66.7 Å². The van der Waals surface area contributed by atoms with Crippen molar-refractivity contribution in [1.29, 1.82) is 0 Å². The van der Waals surface area contributed by atoms with Crippen molar-refractivity contribution in [2.24, 2.45) is 5.92 Å². The number of hydrogen-bond donors (Lipinski definition) is 2. The zero-order valence-electron chi connectivity index (χ0n) is 25.1. The molecule has 0 saturated heterocycles. The van der Waals surface area contributed by atoms with E-state index in [9.17, 15) is 5.11 Å². The Hall–Kier alpha value is -2.02. The van der Waals surface area contributed by atoms with Crippen molar-refractivity contribution in [2.75, 3.05) is 13.2 Å². The first-order valence-electron chi connectivity index (χ1n) is 14.6. The van der Waals surface area contributed by atoms with E-state index in [2.05, 4.69) is 120 Å². The maximum absolute atomic E-state index is 10.9. The molecule has 5 heteroatoms. The third kappa shape index (κ3) is 8.24. The monoisotopic (exact) mass is 547 g/mol. The fourth-order valence-corrected chi connectivity index (χ4v) is 5.84. The molecule has 1 aliphatic rings. The Morgan fingerprint density at radius 3 is 2.28 bits per heavy atom. The van der Waals surface area contributed by atoms with Gasteiger partial charge < -0.3 is 19.6 Å². The number of benzene rings is 3. The van der Waals surface area contributed by atoms with E-state index >= 15 is 0 Å². The molecule has 1 aliphatic carbocycles. The molecule has 0 aliphatic heterocycles. The predicted octanol–water partition coefficient (Wildman–Crippen LogP) is 7.80. The number of aliphatic hydroxyl groups is 1. The van der Waals surface area contributed by atoms with Crippen molar-refractivity contribution < 1.29 is 14.3 Å². The van der Waals surface area contributed by atoms with Crippen LogP contribution in [-0.4, -0.2) is 38.2 Å². The lowest BCUT2D eigenvalue weighted by Crippen LogP contribution is -2.46. The molecule has 1 fully saturated rings. The molecular formula is C34H49NO3Si. The van der Waals surface area contributed by atoms with Crippen LogP contribution < -0.4 is 5.32 Å². The summed E-state index contributed by atoms with van der Waals surface area (Å²) in [7, 11) is -1.85. The second-order valence-electron chi connectivity index (χ2n) is 13.6. The van der Waals surface area contributed by atoms with Gasteiger partial charge in [0.1, 0.15) is 0 Å². The van der Waals surface area contributed by atoms with E-state index in [1.807, 2.05) is 0 Å². The second kappa shape index (κ2) is 12.2. The van der Waals surface area contributed by atoms with E-state index in [4.69, 9.17) is 9.16 Å². The highest BCUT2D eigenvalue weighted by Crippen LogP contribution is 2.45. The van der Waals surface area contributed by atoms with E-state index in [1.165, 1.54) is 40.3 Å². The first kappa shape index (κ1) is 29.9. The van der Waals surface area contributed by atoms with Gasteiger partial charge in [0.05, 0.1) is 25.4 Å². The number of nitrogens with one attached hydrogen (secondary N) is 1. The molecule has 1 saturated carbocycles. The summed E-state index contributed by atoms with van der Waals surface area (Å²) in [5.74, 6) is 0.517. The highest BCUT2D eigenvalue weighted by atomic mass is 28.4. The quantitative estimate of drug-likeness (QED) is 0.214. The molecule has 2 atom stereocenters. The Morgan fingerprint density at radius 1 is 0.923 bits per heavy atom. The fraction of sp³-hybridized carbons (Fsp3) is 0.529. The van der Waals surface area contributed by atoms with E-state index in [0.717, 1.165) is 6.42 Å². The summed E-state index contributed by atoms with van der Waals surface area (Å²) in [4.78, 5) is 0. The molecule has 39 heavy (non-hydrogen) atoms. The Labute approximate surface area is 237 Å². The summed E-state index contributed by atoms with van der Waals surface area (Å²) in [6.45, 7) is 17.3. The second-order valence-corrected chi connectivity index (χ2v) is 18.4. The van der Waals surface area contributed by atoms with Crippen LogP contribution in [0.4, 0.5) is 0 Å². The normalized spacial score (nSPS) is 16.4. The van der Waals surface area contributed by atoms with Crippen molar-refractivity contribution >= 4 is 19.1 Å². The van der Waals surface area contributed by atoms with Crippen molar-refractivity contribution in [2.45, 2.75) is 96.4 Å². The molecule has 0 radical (unpaired) electrons. The fourth-order valence-electron chi connectivity index (χ4n) is 4.89. The van der Waals surface area contributed by atoms with Crippen LogP contribution in [0.3, 0.4) is 0 Å². The van der Waals surface area contributed by atoms with Crippen LogP contribution in [-0.2, 0) is 22.2 Å². The number of hydrogen-bond acceptors (Lipinski definition) is 4. The maximum atomic E-state index is 10.9. The molecule has 2 N–H and O–H groups in total. The molecule has 0 bridgehead atoms. The minimum atomic E-state index is -1.85. The van der Waals surface area contributed by atoms with Gasteiger partial charge in [0.15, 0.2) is 8.32 Å². The molecule has 3 aromatic rings. The Bertz CT molecular complexity index is 1230. The van der Waals surface area contributed by atoms with Crippen LogP contribution in [0, 0.1) is 5.92 Å². The average molecular weight is 548 g/mol. The SMILES string of the molecule is CC(C)(Cc1ccc2ccccc2c1)NC[C@@H](O)CO[C@@H](c1ccccc1CO[Si](C)(C)C(C)(C)C)C1CC1. The van der Waals surface area contributed by atoms with Gasteiger partial charge in [0, 0.05) is 12.1 Å². The van der Waals surface area contributed by atoms with Gasteiger partial charge in [-0.25, -0.2) is 0 Å². The number of β-amino-alcohol motifs (C(OH)–C–C–N with tert-alkyl or cyclic N) is 1. The van der Waals surface area contributed by atoms with Crippen LogP contribution >= 0.6 is 0 Å². The van der Waals surface area contributed by atoms with Gasteiger partial charge in [0.25, 0.3) is 0 Å². The van der Waals surface area contributed by atoms with E-state index in [-0.39, 0.29) is 16.7 Å². The minimum Gasteiger partial charge on any atom is -0.413 e. The number of fused-ring (bicyclic) bond motifs is 1. The number of ether oxygens (including phenoxy) is 1. The van der Waals surface area contributed by atoms with Crippen LogP contribution in [0.25, 0.3) is 10.8 Å². The Kier molecular flexibility index (Phi) is 9.40. The van der Waals surface area contributed by atoms with Crippen LogP contribution in [0.1, 0.15) is 70.3 Å². The molecule has 0 unspecified atom stereocenters. The van der Waals surface area contributed by atoms with Gasteiger partial charge in [-0.15, -0.1) is 0 Å². The molecule has 4 rings (SSSR count). The molecule has 0 amide bonds. The molecular weight excluding hydrogens is 498 g/mol. The summed E-state index contributed by atoms with van der Waals surface area (Å²) in [5, 5.41) is 17.2. The Morgan fingerprint density at radius 2 is 1.59 bits per heavy atom. The lowest BCUT2D eigenvalue weighted by atomic mass is 9.93. The topological polar surface area (TPSA) is 50.7 Å². The molecule has 0 heterocycles.